The molecule has 1 aromatic carbocycles. The van der Waals surface area contributed by atoms with Crippen LogP contribution in [0, 0.1) is 0 Å². The van der Waals surface area contributed by atoms with E-state index in [0.717, 1.165) is 12.8 Å². The van der Waals surface area contributed by atoms with Gasteiger partial charge in [-0.25, -0.2) is 4.79 Å². The molecule has 0 bridgehead atoms. The summed E-state index contributed by atoms with van der Waals surface area (Å²) in [6.45, 7) is 2.54. The Labute approximate surface area is 94.8 Å². The third kappa shape index (κ3) is 2.89. The Morgan fingerprint density at radius 3 is 2.75 bits per heavy atom. The van der Waals surface area contributed by atoms with Crippen LogP contribution in [-0.2, 0) is 0 Å². The lowest BCUT2D eigenvalue weighted by Crippen LogP contribution is -2.05. The first-order valence-electron chi connectivity index (χ1n) is 5.23. The van der Waals surface area contributed by atoms with Crippen LogP contribution in [0.3, 0.4) is 0 Å². The van der Waals surface area contributed by atoms with E-state index in [2.05, 4.69) is 0 Å². The molecule has 1 rings (SSSR count). The molecule has 0 saturated carbocycles. The van der Waals surface area contributed by atoms with Gasteiger partial charge >= 0.3 is 5.97 Å². The smallest absolute Gasteiger partial charge is 0.339 e. The second-order valence-electron chi connectivity index (χ2n) is 3.34. The molecule has 1 N–H and O–H groups in total. The van der Waals surface area contributed by atoms with E-state index in [-0.39, 0.29) is 5.56 Å². The number of carboxylic acid groups (broad SMARTS) is 1. The molecule has 0 aliphatic rings. The molecule has 0 spiro atoms. The highest BCUT2D eigenvalue weighted by Crippen LogP contribution is 2.31. The first-order valence-corrected chi connectivity index (χ1v) is 5.23. The predicted molar refractivity (Wildman–Crippen MR) is 60.4 cm³/mol. The number of methoxy groups -OCH3 is 1. The monoisotopic (exact) mass is 224 g/mol. The van der Waals surface area contributed by atoms with Crippen LogP contribution in [0.4, 0.5) is 0 Å². The summed E-state index contributed by atoms with van der Waals surface area (Å²) in [5.41, 5.74) is 0.135. The molecule has 88 valence electrons. The minimum Gasteiger partial charge on any atom is -0.493 e. The number of aromatic carboxylic acids is 1. The summed E-state index contributed by atoms with van der Waals surface area (Å²) in [4.78, 5) is 11.0. The molecular formula is C12H16O4. The van der Waals surface area contributed by atoms with Gasteiger partial charge in [0.05, 0.1) is 13.7 Å². The minimum absolute atomic E-state index is 0.135. The van der Waals surface area contributed by atoms with E-state index in [9.17, 15) is 4.79 Å². The summed E-state index contributed by atoms with van der Waals surface area (Å²) in [6.07, 6.45) is 1.88. The van der Waals surface area contributed by atoms with Crippen molar-refractivity contribution in [2.45, 2.75) is 19.8 Å². The van der Waals surface area contributed by atoms with Crippen LogP contribution in [0.2, 0.25) is 0 Å². The van der Waals surface area contributed by atoms with Crippen LogP contribution >= 0.6 is 0 Å². The van der Waals surface area contributed by atoms with Crippen molar-refractivity contribution < 1.29 is 19.4 Å². The fourth-order valence-corrected chi connectivity index (χ4v) is 1.31. The quantitative estimate of drug-likeness (QED) is 0.754. The van der Waals surface area contributed by atoms with Gasteiger partial charge in [-0.15, -0.1) is 0 Å². The van der Waals surface area contributed by atoms with Gasteiger partial charge in [-0.1, -0.05) is 19.4 Å². The normalized spacial score (nSPS) is 9.88. The van der Waals surface area contributed by atoms with Crippen LogP contribution in [-0.4, -0.2) is 24.8 Å². The third-order valence-corrected chi connectivity index (χ3v) is 2.17. The topological polar surface area (TPSA) is 55.8 Å². The molecule has 0 fully saturated rings. The highest BCUT2D eigenvalue weighted by molar-refractivity contribution is 5.92. The number of carboxylic acids is 1. The molecule has 0 radical (unpaired) electrons. The van der Waals surface area contributed by atoms with Crippen LogP contribution < -0.4 is 9.47 Å². The lowest BCUT2D eigenvalue weighted by Gasteiger charge is -2.12. The molecule has 16 heavy (non-hydrogen) atoms. The second kappa shape index (κ2) is 6.00. The predicted octanol–water partition coefficient (Wildman–Crippen LogP) is 2.57. The zero-order valence-corrected chi connectivity index (χ0v) is 9.53. The van der Waals surface area contributed by atoms with Gasteiger partial charge in [0.2, 0.25) is 0 Å². The number of hydrogen-bond donors (Lipinski definition) is 1. The Morgan fingerprint density at radius 2 is 2.19 bits per heavy atom. The molecule has 0 heterocycles. The summed E-state index contributed by atoms with van der Waals surface area (Å²) >= 11 is 0. The maximum absolute atomic E-state index is 11.0. The maximum Gasteiger partial charge on any atom is 0.339 e. The fourth-order valence-electron chi connectivity index (χ4n) is 1.31. The van der Waals surface area contributed by atoms with Crippen LogP contribution in [0.5, 0.6) is 11.5 Å². The van der Waals surface area contributed by atoms with Gasteiger partial charge in [0.25, 0.3) is 0 Å². The Hall–Kier alpha value is -1.71. The van der Waals surface area contributed by atoms with Crippen molar-refractivity contribution in [3.05, 3.63) is 23.8 Å². The van der Waals surface area contributed by atoms with E-state index in [1.54, 1.807) is 12.1 Å². The molecule has 0 aromatic heterocycles. The Balaban J connectivity index is 2.95. The summed E-state index contributed by atoms with van der Waals surface area (Å²) < 4.78 is 10.5. The average molecular weight is 224 g/mol. The van der Waals surface area contributed by atoms with E-state index < -0.39 is 5.97 Å². The molecule has 0 amide bonds. The van der Waals surface area contributed by atoms with Gasteiger partial charge in [0, 0.05) is 0 Å². The summed E-state index contributed by atoms with van der Waals surface area (Å²) in [7, 11) is 1.49. The third-order valence-electron chi connectivity index (χ3n) is 2.17. The maximum atomic E-state index is 11.0. The van der Waals surface area contributed by atoms with E-state index in [0.29, 0.717) is 18.1 Å². The second-order valence-corrected chi connectivity index (χ2v) is 3.34. The number of para-hydroxylation sites is 1. The van der Waals surface area contributed by atoms with Crippen molar-refractivity contribution in [2.24, 2.45) is 0 Å². The standard InChI is InChI=1S/C12H16O4/c1-3-4-8-16-11-9(12(13)14)6-5-7-10(11)15-2/h5-7H,3-4,8H2,1-2H3,(H,13,14). The fraction of sp³-hybridized carbons (Fsp3) is 0.417. The number of benzene rings is 1. The molecule has 4 heteroatoms. The lowest BCUT2D eigenvalue weighted by molar-refractivity contribution is 0.0691. The molecule has 1 aromatic rings. The zero-order chi connectivity index (χ0) is 12.0. The molecule has 0 unspecified atom stereocenters. The van der Waals surface area contributed by atoms with Gasteiger partial charge in [-0.05, 0) is 18.6 Å². The number of ether oxygens (including phenoxy) is 2. The van der Waals surface area contributed by atoms with Gasteiger partial charge in [-0.3, -0.25) is 0 Å². The minimum atomic E-state index is -1.01. The van der Waals surface area contributed by atoms with E-state index in [1.807, 2.05) is 6.92 Å². The lowest BCUT2D eigenvalue weighted by atomic mass is 10.2. The molecule has 0 aliphatic heterocycles. The highest BCUT2D eigenvalue weighted by atomic mass is 16.5. The first-order chi connectivity index (χ1) is 7.70. The van der Waals surface area contributed by atoms with Crippen LogP contribution in [0.25, 0.3) is 0 Å². The average Bonchev–Trinajstić information content (AvgIpc) is 2.29. The SMILES string of the molecule is CCCCOc1c(OC)cccc1C(=O)O. The number of carbonyl (C=O) groups is 1. The van der Waals surface area contributed by atoms with Gasteiger partial charge in [0.15, 0.2) is 11.5 Å². The largest absolute Gasteiger partial charge is 0.493 e. The van der Waals surface area contributed by atoms with E-state index in [4.69, 9.17) is 14.6 Å². The number of unbranched alkanes of at least 4 members (excludes halogenated alkanes) is 1. The van der Waals surface area contributed by atoms with Gasteiger partial charge in [-0.2, -0.15) is 0 Å². The van der Waals surface area contributed by atoms with Crippen molar-refractivity contribution in [3.8, 4) is 11.5 Å². The molecular weight excluding hydrogens is 208 g/mol. The molecule has 0 aliphatic carbocycles. The molecule has 0 saturated heterocycles. The Bertz CT molecular complexity index is 360. The van der Waals surface area contributed by atoms with E-state index >= 15 is 0 Å². The van der Waals surface area contributed by atoms with Gasteiger partial charge in [0.1, 0.15) is 5.56 Å². The van der Waals surface area contributed by atoms with Crippen molar-refractivity contribution >= 4 is 5.97 Å². The summed E-state index contributed by atoms with van der Waals surface area (Å²) in [5, 5.41) is 9.01. The highest BCUT2D eigenvalue weighted by Gasteiger charge is 2.15. The Kier molecular flexibility index (Phi) is 4.64. The molecule has 4 nitrogen and oxygen atoms in total. The van der Waals surface area contributed by atoms with Crippen LogP contribution in [0.15, 0.2) is 18.2 Å². The molecule has 0 atom stereocenters. The van der Waals surface area contributed by atoms with Crippen LogP contribution in [0.1, 0.15) is 30.1 Å². The van der Waals surface area contributed by atoms with Crippen molar-refractivity contribution in [1.82, 2.24) is 0 Å². The number of hydrogen-bond acceptors (Lipinski definition) is 3. The van der Waals surface area contributed by atoms with E-state index in [1.165, 1.54) is 13.2 Å². The number of rotatable bonds is 6. The van der Waals surface area contributed by atoms with Gasteiger partial charge < -0.3 is 14.6 Å². The summed E-state index contributed by atoms with van der Waals surface area (Å²) in [6, 6.07) is 4.83. The summed E-state index contributed by atoms with van der Waals surface area (Å²) in [5.74, 6) is -0.243. The zero-order valence-electron chi connectivity index (χ0n) is 9.53. The first kappa shape index (κ1) is 12.4. The van der Waals surface area contributed by atoms with Crippen molar-refractivity contribution in [2.75, 3.05) is 13.7 Å². The Morgan fingerprint density at radius 1 is 1.44 bits per heavy atom. The van der Waals surface area contributed by atoms with Crippen molar-refractivity contribution in [3.63, 3.8) is 0 Å². The van der Waals surface area contributed by atoms with Crippen molar-refractivity contribution in [1.29, 1.82) is 0 Å².